The van der Waals surface area contributed by atoms with E-state index in [9.17, 15) is 27.9 Å². The lowest BCUT2D eigenvalue weighted by atomic mass is 10.1. The number of hydrogen-bond acceptors (Lipinski definition) is 6. The second kappa shape index (κ2) is 9.62. The minimum atomic E-state index is -4.48. The highest BCUT2D eigenvalue weighted by Crippen LogP contribution is 2.33. The van der Waals surface area contributed by atoms with E-state index in [1.54, 1.807) is 30.7 Å². The molecule has 2 unspecified atom stereocenters. The summed E-state index contributed by atoms with van der Waals surface area (Å²) in [6.07, 6.45) is -2.32. The van der Waals surface area contributed by atoms with Crippen LogP contribution in [0, 0.1) is 0 Å². The molecule has 8 nitrogen and oxygen atoms in total. The SMILES string of the molecule is COc1ccnc(C(=O)N[C@@H](C)C(=O)OC(C)C(C)n2ccc3ccc(C(F)(F)F)cc32)c1O. The zero-order valence-corrected chi connectivity index (χ0v) is 18.9. The molecular formula is C23H24F3N3O5. The molecule has 34 heavy (non-hydrogen) atoms. The molecule has 0 radical (unpaired) electrons. The van der Waals surface area contributed by atoms with E-state index in [4.69, 9.17) is 9.47 Å². The Labute approximate surface area is 193 Å². The average Bonchev–Trinajstić information content (AvgIpc) is 3.21. The van der Waals surface area contributed by atoms with Gasteiger partial charge in [0.05, 0.1) is 18.7 Å². The fourth-order valence-electron chi connectivity index (χ4n) is 3.38. The molecule has 2 aromatic heterocycles. The number of carbonyl (C=O) groups is 2. The Balaban J connectivity index is 1.70. The number of rotatable bonds is 7. The average molecular weight is 479 g/mol. The van der Waals surface area contributed by atoms with Crippen LogP contribution in [0.15, 0.2) is 42.7 Å². The van der Waals surface area contributed by atoms with E-state index in [0.717, 1.165) is 12.1 Å². The minimum Gasteiger partial charge on any atom is -0.503 e. The normalized spacial score (nSPS) is 14.3. The van der Waals surface area contributed by atoms with Crippen LogP contribution in [0.3, 0.4) is 0 Å². The van der Waals surface area contributed by atoms with Crippen LogP contribution in [0.4, 0.5) is 13.2 Å². The van der Waals surface area contributed by atoms with Gasteiger partial charge in [-0.1, -0.05) is 6.07 Å². The number of carbonyl (C=O) groups excluding carboxylic acids is 2. The van der Waals surface area contributed by atoms with Crippen LogP contribution in [0.5, 0.6) is 11.5 Å². The monoisotopic (exact) mass is 479 g/mol. The number of amides is 1. The smallest absolute Gasteiger partial charge is 0.416 e. The number of nitrogens with zero attached hydrogens (tertiary/aromatic N) is 2. The number of benzene rings is 1. The summed E-state index contributed by atoms with van der Waals surface area (Å²) in [4.78, 5) is 28.8. The standard InChI is InChI=1S/C23H24F3N3O5/c1-12(28-21(31)19-20(30)18(33-4)7-9-27-19)22(32)34-14(3)13(2)29-10-8-15-5-6-16(11-17(15)29)23(24,25)26/h5-14,30H,1-4H3,(H,28,31)/t12-,13?,14?/m0/s1. The van der Waals surface area contributed by atoms with E-state index in [2.05, 4.69) is 10.3 Å². The first kappa shape index (κ1) is 24.9. The lowest BCUT2D eigenvalue weighted by Gasteiger charge is -2.25. The highest BCUT2D eigenvalue weighted by molar-refractivity contribution is 5.97. The summed E-state index contributed by atoms with van der Waals surface area (Å²) in [6, 6.07) is 4.91. The first-order valence-electron chi connectivity index (χ1n) is 10.3. The first-order chi connectivity index (χ1) is 15.9. The van der Waals surface area contributed by atoms with Gasteiger partial charge in [-0.05, 0) is 44.4 Å². The van der Waals surface area contributed by atoms with Crippen LogP contribution in [0.2, 0.25) is 0 Å². The number of alkyl halides is 3. The third-order valence-corrected chi connectivity index (χ3v) is 5.49. The van der Waals surface area contributed by atoms with Gasteiger partial charge in [0.1, 0.15) is 12.1 Å². The van der Waals surface area contributed by atoms with Crippen molar-refractivity contribution in [2.45, 2.75) is 45.1 Å². The van der Waals surface area contributed by atoms with Crippen LogP contribution >= 0.6 is 0 Å². The van der Waals surface area contributed by atoms with Gasteiger partial charge in [0.25, 0.3) is 5.91 Å². The largest absolute Gasteiger partial charge is 0.503 e. The lowest BCUT2D eigenvalue weighted by molar-refractivity contribution is -0.151. The number of methoxy groups -OCH3 is 1. The number of hydrogen-bond donors (Lipinski definition) is 2. The van der Waals surface area contributed by atoms with Crippen molar-refractivity contribution in [3.8, 4) is 11.5 Å². The van der Waals surface area contributed by atoms with Crippen LogP contribution in [-0.2, 0) is 15.7 Å². The third-order valence-electron chi connectivity index (χ3n) is 5.49. The molecule has 0 spiro atoms. The van der Waals surface area contributed by atoms with Crippen molar-refractivity contribution in [2.75, 3.05) is 7.11 Å². The highest BCUT2D eigenvalue weighted by atomic mass is 19.4. The predicted molar refractivity (Wildman–Crippen MR) is 117 cm³/mol. The van der Waals surface area contributed by atoms with E-state index in [1.807, 2.05) is 0 Å². The first-order valence-corrected chi connectivity index (χ1v) is 10.3. The summed E-state index contributed by atoms with van der Waals surface area (Å²) in [5, 5.41) is 13.1. The number of ether oxygens (including phenoxy) is 2. The lowest BCUT2D eigenvalue weighted by Crippen LogP contribution is -2.41. The van der Waals surface area contributed by atoms with Crippen LogP contribution in [0.25, 0.3) is 10.9 Å². The van der Waals surface area contributed by atoms with Crippen molar-refractivity contribution in [3.63, 3.8) is 0 Å². The van der Waals surface area contributed by atoms with Gasteiger partial charge in [0, 0.05) is 24.0 Å². The summed E-state index contributed by atoms with van der Waals surface area (Å²) in [5.41, 5.74) is -0.742. The molecule has 0 fully saturated rings. The summed E-state index contributed by atoms with van der Waals surface area (Å²) in [7, 11) is 1.32. The molecule has 0 saturated carbocycles. The summed E-state index contributed by atoms with van der Waals surface area (Å²) in [6.45, 7) is 4.71. The van der Waals surface area contributed by atoms with Gasteiger partial charge in [-0.3, -0.25) is 4.79 Å². The number of esters is 1. The maximum atomic E-state index is 13.1. The molecule has 0 bridgehead atoms. The number of nitrogens with one attached hydrogen (secondary N) is 1. The van der Waals surface area contributed by atoms with Crippen molar-refractivity contribution in [1.29, 1.82) is 0 Å². The van der Waals surface area contributed by atoms with Gasteiger partial charge in [0.2, 0.25) is 0 Å². The summed E-state index contributed by atoms with van der Waals surface area (Å²) >= 11 is 0. The van der Waals surface area contributed by atoms with Crippen molar-refractivity contribution >= 4 is 22.8 Å². The molecule has 1 aromatic carbocycles. The number of halogens is 3. The van der Waals surface area contributed by atoms with E-state index in [0.29, 0.717) is 10.9 Å². The van der Waals surface area contributed by atoms with E-state index in [1.165, 1.54) is 32.4 Å². The molecule has 0 aliphatic carbocycles. The van der Waals surface area contributed by atoms with Gasteiger partial charge < -0.3 is 24.5 Å². The Morgan fingerprint density at radius 2 is 1.85 bits per heavy atom. The Bertz CT molecular complexity index is 1210. The maximum Gasteiger partial charge on any atom is 0.416 e. The molecule has 1 amide bonds. The summed E-state index contributed by atoms with van der Waals surface area (Å²) < 4.78 is 51.4. The number of pyridine rings is 1. The minimum absolute atomic E-state index is 0.0467. The van der Waals surface area contributed by atoms with Crippen molar-refractivity contribution in [3.05, 3.63) is 54.0 Å². The Morgan fingerprint density at radius 1 is 1.15 bits per heavy atom. The topological polar surface area (TPSA) is 103 Å². The molecular weight excluding hydrogens is 455 g/mol. The van der Waals surface area contributed by atoms with E-state index < -0.39 is 47.6 Å². The van der Waals surface area contributed by atoms with Crippen molar-refractivity contribution in [2.24, 2.45) is 0 Å². The molecule has 11 heteroatoms. The van der Waals surface area contributed by atoms with Gasteiger partial charge in [-0.25, -0.2) is 9.78 Å². The molecule has 3 aromatic rings. The fraction of sp³-hybridized carbons (Fsp3) is 0.348. The number of fused-ring (bicyclic) bond motifs is 1. The van der Waals surface area contributed by atoms with E-state index >= 15 is 0 Å². The van der Waals surface area contributed by atoms with Crippen LogP contribution in [-0.4, -0.2) is 45.8 Å². The predicted octanol–water partition coefficient (Wildman–Crippen LogP) is 4.08. The molecule has 3 rings (SSSR count). The van der Waals surface area contributed by atoms with Gasteiger partial charge in [-0.2, -0.15) is 13.2 Å². The molecule has 2 heterocycles. The highest BCUT2D eigenvalue weighted by Gasteiger charge is 2.31. The molecule has 0 aliphatic heterocycles. The van der Waals surface area contributed by atoms with Gasteiger partial charge >= 0.3 is 12.1 Å². The number of aromatic hydroxyl groups is 1. The Hall–Kier alpha value is -3.76. The fourth-order valence-corrected chi connectivity index (χ4v) is 3.38. The molecule has 3 atom stereocenters. The Morgan fingerprint density at radius 3 is 2.50 bits per heavy atom. The second-order valence-electron chi connectivity index (χ2n) is 7.78. The molecule has 2 N–H and O–H groups in total. The van der Waals surface area contributed by atoms with Crippen LogP contribution in [0.1, 0.15) is 42.9 Å². The zero-order valence-electron chi connectivity index (χ0n) is 18.9. The molecule has 0 aliphatic rings. The molecule has 182 valence electrons. The van der Waals surface area contributed by atoms with Crippen LogP contribution < -0.4 is 10.1 Å². The van der Waals surface area contributed by atoms with E-state index in [-0.39, 0.29) is 11.4 Å². The number of aromatic nitrogens is 2. The van der Waals surface area contributed by atoms with Gasteiger partial charge in [-0.15, -0.1) is 0 Å². The maximum absolute atomic E-state index is 13.1. The third kappa shape index (κ3) is 5.08. The Kier molecular flexibility index (Phi) is 7.04. The van der Waals surface area contributed by atoms with Crippen molar-refractivity contribution in [1.82, 2.24) is 14.9 Å². The quantitative estimate of drug-likeness (QED) is 0.495. The second-order valence-corrected chi connectivity index (χ2v) is 7.78. The molecule has 0 saturated heterocycles. The summed E-state index contributed by atoms with van der Waals surface area (Å²) in [5.74, 6) is -1.99. The van der Waals surface area contributed by atoms with Crippen molar-refractivity contribution < 1.29 is 37.3 Å². The zero-order chi connectivity index (χ0) is 25.2. The van der Waals surface area contributed by atoms with Gasteiger partial charge in [0.15, 0.2) is 17.2 Å².